The van der Waals surface area contributed by atoms with Gasteiger partial charge in [0.05, 0.1) is 11.9 Å². The third kappa shape index (κ3) is 5.18. The average molecular weight is 347 g/mol. The Hall–Kier alpha value is -1.27. The minimum absolute atomic E-state index is 0.295. The summed E-state index contributed by atoms with van der Waals surface area (Å²) in [6.45, 7) is 6.25. The van der Waals surface area contributed by atoms with Gasteiger partial charge in [0.2, 0.25) is 15.9 Å². The number of carbonyl (C=O) groups excluding carboxylic acids is 1. The molecule has 0 saturated carbocycles. The largest absolute Gasteiger partial charge is 0.354 e. The Labute approximate surface area is 137 Å². The minimum Gasteiger partial charge on any atom is -0.354 e. The van der Waals surface area contributed by atoms with Crippen LogP contribution in [0.5, 0.6) is 0 Å². The van der Waals surface area contributed by atoms with Crippen LogP contribution in [0.25, 0.3) is 0 Å². The Bertz CT molecular complexity index is 600. The molecular weight excluding hydrogens is 324 g/mol. The number of hydrogen-bond donors (Lipinski definition) is 1. The monoisotopic (exact) mass is 346 g/mol. The van der Waals surface area contributed by atoms with Crippen molar-refractivity contribution in [1.29, 1.82) is 0 Å². The lowest BCUT2D eigenvalue weighted by Gasteiger charge is -2.30. The number of anilines is 1. The van der Waals surface area contributed by atoms with Crippen molar-refractivity contribution in [2.24, 2.45) is 5.92 Å². The topological polar surface area (TPSA) is 66.5 Å². The SMILES string of the molecule is CC[C@H](C(=O)NCC(C)C)N(c1ccc(Cl)cc1)S(C)(=O)=O. The zero-order chi connectivity index (χ0) is 16.9. The predicted octanol–water partition coefficient (Wildman–Crippen LogP) is 2.66. The van der Waals surface area contributed by atoms with Crippen molar-refractivity contribution < 1.29 is 13.2 Å². The highest BCUT2D eigenvalue weighted by atomic mass is 35.5. The van der Waals surface area contributed by atoms with Gasteiger partial charge in [-0.1, -0.05) is 32.4 Å². The molecule has 0 unspecified atom stereocenters. The van der Waals surface area contributed by atoms with E-state index in [9.17, 15) is 13.2 Å². The molecule has 0 heterocycles. The number of nitrogens with zero attached hydrogens (tertiary/aromatic N) is 1. The van der Waals surface area contributed by atoms with Crippen LogP contribution < -0.4 is 9.62 Å². The Morgan fingerprint density at radius 1 is 1.27 bits per heavy atom. The van der Waals surface area contributed by atoms with Crippen molar-refractivity contribution >= 4 is 33.2 Å². The van der Waals surface area contributed by atoms with Gasteiger partial charge in [-0.25, -0.2) is 8.42 Å². The molecule has 1 aromatic rings. The highest BCUT2D eigenvalue weighted by Gasteiger charge is 2.31. The Kier molecular flexibility index (Phi) is 6.68. The Balaban J connectivity index is 3.14. The third-order valence-corrected chi connectivity index (χ3v) is 4.53. The normalized spacial score (nSPS) is 13.0. The van der Waals surface area contributed by atoms with Crippen molar-refractivity contribution in [1.82, 2.24) is 5.32 Å². The minimum atomic E-state index is -3.60. The van der Waals surface area contributed by atoms with Crippen molar-refractivity contribution in [3.8, 4) is 0 Å². The average Bonchev–Trinajstić information content (AvgIpc) is 2.42. The van der Waals surface area contributed by atoms with E-state index in [2.05, 4.69) is 5.32 Å². The van der Waals surface area contributed by atoms with E-state index >= 15 is 0 Å². The van der Waals surface area contributed by atoms with Gasteiger partial charge in [-0.15, -0.1) is 0 Å². The van der Waals surface area contributed by atoms with Crippen molar-refractivity contribution in [3.63, 3.8) is 0 Å². The molecule has 124 valence electrons. The summed E-state index contributed by atoms with van der Waals surface area (Å²) in [4.78, 5) is 12.4. The quantitative estimate of drug-likeness (QED) is 0.825. The zero-order valence-electron chi connectivity index (χ0n) is 13.3. The molecule has 0 spiro atoms. The summed E-state index contributed by atoms with van der Waals surface area (Å²) in [5.41, 5.74) is 0.429. The number of nitrogens with one attached hydrogen (secondary N) is 1. The van der Waals surface area contributed by atoms with E-state index in [1.54, 1.807) is 31.2 Å². The van der Waals surface area contributed by atoms with Crippen LogP contribution in [0.2, 0.25) is 5.02 Å². The molecule has 0 aliphatic rings. The molecule has 1 N–H and O–H groups in total. The molecular formula is C15H23ClN2O3S. The summed E-state index contributed by atoms with van der Waals surface area (Å²) < 4.78 is 25.5. The molecule has 1 aromatic carbocycles. The van der Waals surface area contributed by atoms with E-state index in [-0.39, 0.29) is 5.91 Å². The highest BCUT2D eigenvalue weighted by Crippen LogP contribution is 2.24. The molecule has 22 heavy (non-hydrogen) atoms. The van der Waals surface area contributed by atoms with Gasteiger partial charge in [-0.3, -0.25) is 9.10 Å². The number of rotatable bonds is 7. The lowest BCUT2D eigenvalue weighted by atomic mass is 10.1. The van der Waals surface area contributed by atoms with Crippen LogP contribution in [-0.2, 0) is 14.8 Å². The molecule has 0 bridgehead atoms. The molecule has 0 radical (unpaired) electrons. The third-order valence-electron chi connectivity index (χ3n) is 3.10. The van der Waals surface area contributed by atoms with Crippen LogP contribution in [0.1, 0.15) is 27.2 Å². The van der Waals surface area contributed by atoms with E-state index in [4.69, 9.17) is 11.6 Å². The van der Waals surface area contributed by atoms with Gasteiger partial charge in [-0.2, -0.15) is 0 Å². The maximum atomic E-state index is 12.4. The molecule has 5 nitrogen and oxygen atoms in total. The number of carbonyl (C=O) groups is 1. The molecule has 1 amide bonds. The highest BCUT2D eigenvalue weighted by molar-refractivity contribution is 7.92. The fourth-order valence-corrected chi connectivity index (χ4v) is 3.41. The fraction of sp³-hybridized carbons (Fsp3) is 0.533. The first kappa shape index (κ1) is 18.8. The van der Waals surface area contributed by atoms with Crippen LogP contribution in [0.15, 0.2) is 24.3 Å². The maximum Gasteiger partial charge on any atom is 0.243 e. The first-order valence-corrected chi connectivity index (χ1v) is 9.42. The van der Waals surface area contributed by atoms with E-state index in [1.807, 2.05) is 13.8 Å². The predicted molar refractivity (Wildman–Crippen MR) is 90.7 cm³/mol. The second-order valence-corrected chi connectivity index (χ2v) is 7.89. The van der Waals surface area contributed by atoms with Crippen LogP contribution >= 0.6 is 11.6 Å². The number of hydrogen-bond acceptors (Lipinski definition) is 3. The molecule has 1 atom stereocenters. The summed E-state index contributed by atoms with van der Waals surface area (Å²) in [6, 6.07) is 5.63. The zero-order valence-corrected chi connectivity index (χ0v) is 14.9. The van der Waals surface area contributed by atoms with Crippen LogP contribution in [-0.4, -0.2) is 33.2 Å². The van der Waals surface area contributed by atoms with Gasteiger partial charge in [0, 0.05) is 11.6 Å². The van der Waals surface area contributed by atoms with E-state index in [0.717, 1.165) is 10.6 Å². The van der Waals surface area contributed by atoms with Crippen LogP contribution in [0, 0.1) is 5.92 Å². The number of halogens is 1. The Morgan fingerprint density at radius 3 is 2.23 bits per heavy atom. The van der Waals surface area contributed by atoms with Crippen molar-refractivity contribution in [2.45, 2.75) is 33.2 Å². The van der Waals surface area contributed by atoms with Crippen LogP contribution in [0.4, 0.5) is 5.69 Å². The van der Waals surface area contributed by atoms with Crippen molar-refractivity contribution in [3.05, 3.63) is 29.3 Å². The number of sulfonamides is 1. The summed E-state index contributed by atoms with van der Waals surface area (Å²) in [6.07, 6.45) is 1.47. The number of benzene rings is 1. The molecule has 0 aliphatic carbocycles. The molecule has 0 aromatic heterocycles. The van der Waals surface area contributed by atoms with Gasteiger partial charge in [-0.05, 0) is 36.6 Å². The van der Waals surface area contributed by atoms with Gasteiger partial charge in [0.1, 0.15) is 6.04 Å². The molecule has 0 fully saturated rings. The maximum absolute atomic E-state index is 12.4. The summed E-state index contributed by atoms with van der Waals surface area (Å²) in [5, 5.41) is 3.30. The van der Waals surface area contributed by atoms with Crippen LogP contribution in [0.3, 0.4) is 0 Å². The standard InChI is InChI=1S/C15H23ClN2O3S/c1-5-14(15(19)17-10-11(2)3)18(22(4,20)21)13-8-6-12(16)7-9-13/h6-9,11,14H,5,10H2,1-4H3,(H,17,19)/t14-/m1/s1. The van der Waals surface area contributed by atoms with Crippen molar-refractivity contribution in [2.75, 3.05) is 17.1 Å². The fourth-order valence-electron chi connectivity index (χ4n) is 2.07. The van der Waals surface area contributed by atoms with E-state index < -0.39 is 16.1 Å². The van der Waals surface area contributed by atoms with Gasteiger partial charge in [0.15, 0.2) is 0 Å². The van der Waals surface area contributed by atoms with E-state index in [0.29, 0.717) is 29.6 Å². The second-order valence-electron chi connectivity index (χ2n) is 5.60. The van der Waals surface area contributed by atoms with E-state index in [1.165, 1.54) is 0 Å². The molecule has 0 aliphatic heterocycles. The molecule has 7 heteroatoms. The lowest BCUT2D eigenvalue weighted by Crippen LogP contribution is -2.49. The summed E-state index contributed by atoms with van der Waals surface area (Å²) in [7, 11) is -3.60. The summed E-state index contributed by atoms with van der Waals surface area (Å²) >= 11 is 5.84. The van der Waals surface area contributed by atoms with Gasteiger partial charge < -0.3 is 5.32 Å². The summed E-state index contributed by atoms with van der Waals surface area (Å²) in [5.74, 6) is 0.000228. The smallest absolute Gasteiger partial charge is 0.243 e. The van der Waals surface area contributed by atoms with Gasteiger partial charge in [0.25, 0.3) is 0 Å². The molecule has 0 saturated heterocycles. The molecule has 1 rings (SSSR count). The van der Waals surface area contributed by atoms with Gasteiger partial charge >= 0.3 is 0 Å². The lowest BCUT2D eigenvalue weighted by molar-refractivity contribution is -0.122. The first-order chi connectivity index (χ1) is 10.2. The Morgan fingerprint density at radius 2 is 1.82 bits per heavy atom. The first-order valence-electron chi connectivity index (χ1n) is 7.19. The number of amides is 1. The second kappa shape index (κ2) is 7.83.